The van der Waals surface area contributed by atoms with Crippen molar-refractivity contribution in [3.05, 3.63) is 35.6 Å². The second-order valence-corrected chi connectivity index (χ2v) is 5.85. The fourth-order valence-corrected chi connectivity index (χ4v) is 3.31. The third-order valence-electron chi connectivity index (χ3n) is 4.52. The lowest BCUT2D eigenvalue weighted by molar-refractivity contribution is -0.127. The van der Waals surface area contributed by atoms with Gasteiger partial charge in [0.15, 0.2) is 0 Å². The van der Waals surface area contributed by atoms with E-state index < -0.39 is 0 Å². The van der Waals surface area contributed by atoms with Crippen molar-refractivity contribution in [3.63, 3.8) is 0 Å². The zero-order chi connectivity index (χ0) is 14.0. The van der Waals surface area contributed by atoms with E-state index in [0.717, 1.165) is 37.7 Å². The molecule has 1 aromatic rings. The number of rotatable bonds is 3. The highest BCUT2D eigenvalue weighted by Crippen LogP contribution is 2.39. The smallest absolute Gasteiger partial charge is 0.226 e. The standard InChI is InChI=1S/C16H20FNO2/c17-14-5-3-13(4-6-14)16(8-1-2-9-16)18-15(19)12-7-10-20-11-12/h3-6,12H,1-2,7-11H2,(H,18,19). The molecule has 1 unspecified atom stereocenters. The summed E-state index contributed by atoms with van der Waals surface area (Å²) in [5.41, 5.74) is 0.705. The maximum Gasteiger partial charge on any atom is 0.226 e. The summed E-state index contributed by atoms with van der Waals surface area (Å²) in [6.45, 7) is 1.19. The van der Waals surface area contributed by atoms with Gasteiger partial charge in [0.2, 0.25) is 5.91 Å². The van der Waals surface area contributed by atoms with Crippen molar-refractivity contribution in [1.82, 2.24) is 5.32 Å². The van der Waals surface area contributed by atoms with Crippen LogP contribution in [0.3, 0.4) is 0 Å². The molecule has 3 nitrogen and oxygen atoms in total. The third-order valence-corrected chi connectivity index (χ3v) is 4.52. The van der Waals surface area contributed by atoms with Crippen molar-refractivity contribution < 1.29 is 13.9 Å². The molecule has 108 valence electrons. The molecule has 0 bridgehead atoms. The highest BCUT2D eigenvalue weighted by atomic mass is 19.1. The Morgan fingerprint density at radius 1 is 1.25 bits per heavy atom. The lowest BCUT2D eigenvalue weighted by Crippen LogP contribution is -2.46. The van der Waals surface area contributed by atoms with Gasteiger partial charge in [-0.2, -0.15) is 0 Å². The number of ether oxygens (including phenoxy) is 1. The van der Waals surface area contributed by atoms with Crippen LogP contribution in [0.15, 0.2) is 24.3 Å². The zero-order valence-corrected chi connectivity index (χ0v) is 11.5. The third kappa shape index (κ3) is 2.57. The minimum absolute atomic E-state index is 0.0343. The number of carbonyl (C=O) groups is 1. The molecular weight excluding hydrogens is 257 g/mol. The van der Waals surface area contributed by atoms with E-state index in [9.17, 15) is 9.18 Å². The lowest BCUT2D eigenvalue weighted by atomic mass is 9.87. The van der Waals surface area contributed by atoms with Gasteiger partial charge in [-0.15, -0.1) is 0 Å². The Labute approximate surface area is 118 Å². The molecule has 0 radical (unpaired) electrons. The zero-order valence-electron chi connectivity index (χ0n) is 11.5. The van der Waals surface area contributed by atoms with Crippen LogP contribution in [0.25, 0.3) is 0 Å². The van der Waals surface area contributed by atoms with Crippen molar-refractivity contribution in [2.75, 3.05) is 13.2 Å². The van der Waals surface area contributed by atoms with Crippen LogP contribution in [0, 0.1) is 11.7 Å². The van der Waals surface area contributed by atoms with Gasteiger partial charge in [0.25, 0.3) is 0 Å². The molecule has 1 saturated carbocycles. The van der Waals surface area contributed by atoms with Gasteiger partial charge in [0, 0.05) is 6.61 Å². The van der Waals surface area contributed by atoms with E-state index in [0.29, 0.717) is 13.2 Å². The number of amides is 1. The summed E-state index contributed by atoms with van der Waals surface area (Å²) in [5.74, 6) is -0.195. The molecule has 1 aromatic carbocycles. The van der Waals surface area contributed by atoms with E-state index in [1.165, 1.54) is 12.1 Å². The summed E-state index contributed by atoms with van der Waals surface area (Å²) in [6, 6.07) is 6.54. The Balaban J connectivity index is 1.80. The van der Waals surface area contributed by atoms with E-state index in [1.54, 1.807) is 12.1 Å². The van der Waals surface area contributed by atoms with Gasteiger partial charge >= 0.3 is 0 Å². The number of carbonyl (C=O) groups excluding carboxylic acids is 1. The predicted octanol–water partition coefficient (Wildman–Crippen LogP) is 2.75. The van der Waals surface area contributed by atoms with Crippen molar-refractivity contribution >= 4 is 5.91 Å². The molecule has 1 atom stereocenters. The molecule has 3 rings (SSSR count). The van der Waals surface area contributed by atoms with Gasteiger partial charge in [-0.25, -0.2) is 4.39 Å². The Morgan fingerprint density at radius 3 is 2.55 bits per heavy atom. The second kappa shape index (κ2) is 5.52. The molecule has 2 aliphatic rings. The van der Waals surface area contributed by atoms with Gasteiger partial charge in [0.1, 0.15) is 5.82 Å². The van der Waals surface area contributed by atoms with Crippen molar-refractivity contribution in [1.29, 1.82) is 0 Å². The number of nitrogens with one attached hydrogen (secondary N) is 1. The van der Waals surface area contributed by atoms with E-state index in [1.807, 2.05) is 0 Å². The summed E-state index contributed by atoms with van der Waals surface area (Å²) < 4.78 is 18.4. The molecule has 0 aromatic heterocycles. The molecular formula is C16H20FNO2. The highest BCUT2D eigenvalue weighted by Gasteiger charge is 2.39. The largest absolute Gasteiger partial charge is 0.381 e. The van der Waals surface area contributed by atoms with E-state index in [2.05, 4.69) is 5.32 Å². The number of hydrogen-bond acceptors (Lipinski definition) is 2. The Morgan fingerprint density at radius 2 is 1.95 bits per heavy atom. The van der Waals surface area contributed by atoms with Crippen molar-refractivity contribution in [2.24, 2.45) is 5.92 Å². The Kier molecular flexibility index (Phi) is 3.74. The van der Waals surface area contributed by atoms with Crippen LogP contribution < -0.4 is 5.32 Å². The molecule has 1 aliphatic carbocycles. The molecule has 1 heterocycles. The van der Waals surface area contributed by atoms with Crippen molar-refractivity contribution in [2.45, 2.75) is 37.6 Å². The fourth-order valence-electron chi connectivity index (χ4n) is 3.31. The van der Waals surface area contributed by atoms with Gasteiger partial charge in [-0.1, -0.05) is 25.0 Å². The summed E-state index contributed by atoms with van der Waals surface area (Å²) in [6.07, 6.45) is 4.85. The first-order chi connectivity index (χ1) is 9.70. The van der Waals surface area contributed by atoms with Crippen LogP contribution in [0.1, 0.15) is 37.7 Å². The monoisotopic (exact) mass is 277 g/mol. The SMILES string of the molecule is O=C(NC1(c2ccc(F)cc2)CCCC1)C1CCOC1. The molecule has 4 heteroatoms. The Hall–Kier alpha value is -1.42. The normalized spacial score (nSPS) is 24.8. The first-order valence-corrected chi connectivity index (χ1v) is 7.35. The maximum atomic E-state index is 13.1. The predicted molar refractivity (Wildman–Crippen MR) is 73.6 cm³/mol. The van der Waals surface area contributed by atoms with Crippen LogP contribution in [0.5, 0.6) is 0 Å². The first-order valence-electron chi connectivity index (χ1n) is 7.35. The number of halogens is 1. The molecule has 1 amide bonds. The summed E-state index contributed by atoms with van der Waals surface area (Å²) in [7, 11) is 0. The number of benzene rings is 1. The van der Waals surface area contributed by atoms with E-state index in [-0.39, 0.29) is 23.2 Å². The summed E-state index contributed by atoms with van der Waals surface area (Å²) >= 11 is 0. The number of hydrogen-bond donors (Lipinski definition) is 1. The first kappa shape index (κ1) is 13.6. The quantitative estimate of drug-likeness (QED) is 0.922. The van der Waals surface area contributed by atoms with Crippen LogP contribution in [0.2, 0.25) is 0 Å². The molecule has 20 heavy (non-hydrogen) atoms. The van der Waals surface area contributed by atoms with Crippen LogP contribution in [-0.4, -0.2) is 19.1 Å². The van der Waals surface area contributed by atoms with Crippen LogP contribution in [-0.2, 0) is 15.1 Å². The minimum Gasteiger partial charge on any atom is -0.381 e. The maximum absolute atomic E-state index is 13.1. The molecule has 1 saturated heterocycles. The molecule has 1 N–H and O–H groups in total. The van der Waals surface area contributed by atoms with E-state index in [4.69, 9.17) is 4.74 Å². The average molecular weight is 277 g/mol. The van der Waals surface area contributed by atoms with Crippen LogP contribution >= 0.6 is 0 Å². The molecule has 2 fully saturated rings. The lowest BCUT2D eigenvalue weighted by Gasteiger charge is -2.32. The van der Waals surface area contributed by atoms with Crippen molar-refractivity contribution in [3.8, 4) is 0 Å². The van der Waals surface area contributed by atoms with Gasteiger partial charge in [-0.05, 0) is 37.0 Å². The fraction of sp³-hybridized carbons (Fsp3) is 0.562. The van der Waals surface area contributed by atoms with Gasteiger partial charge in [-0.3, -0.25) is 4.79 Å². The van der Waals surface area contributed by atoms with Gasteiger partial charge < -0.3 is 10.1 Å². The molecule has 1 aliphatic heterocycles. The Bertz CT molecular complexity index is 474. The molecule has 0 spiro atoms. The minimum atomic E-state index is -0.312. The van der Waals surface area contributed by atoms with E-state index >= 15 is 0 Å². The van der Waals surface area contributed by atoms with Gasteiger partial charge in [0.05, 0.1) is 18.1 Å². The highest BCUT2D eigenvalue weighted by molar-refractivity contribution is 5.80. The second-order valence-electron chi connectivity index (χ2n) is 5.85. The van der Waals surface area contributed by atoms with Crippen LogP contribution in [0.4, 0.5) is 4.39 Å². The summed E-state index contributed by atoms with van der Waals surface area (Å²) in [4.78, 5) is 12.4. The average Bonchev–Trinajstić information content (AvgIpc) is 3.10. The topological polar surface area (TPSA) is 38.3 Å². The summed E-state index contributed by atoms with van der Waals surface area (Å²) in [5, 5.41) is 3.23.